The normalized spacial score (nSPS) is 11.9. The molecule has 0 aromatic heterocycles. The Bertz CT molecular complexity index is 463. The first-order chi connectivity index (χ1) is 7.51. The lowest BCUT2D eigenvalue weighted by molar-refractivity contribution is 0.446. The molecule has 5 heteroatoms. The Balaban J connectivity index is 3.37. The molecule has 0 saturated heterocycles. The largest absolute Gasteiger partial charge is 0.397 e. The fourth-order valence-corrected chi connectivity index (χ4v) is 1.21. The van der Waals surface area contributed by atoms with E-state index in [1.165, 1.54) is 0 Å². The maximum atomic E-state index is 12.9. The van der Waals surface area contributed by atoms with Gasteiger partial charge in [0.05, 0.1) is 17.3 Å². The molecule has 1 rings (SSSR count). The predicted molar refractivity (Wildman–Crippen MR) is 53.3 cm³/mol. The van der Waals surface area contributed by atoms with Crippen molar-refractivity contribution in [3.63, 3.8) is 0 Å². The molecule has 2 N–H and O–H groups in total. The SMILES string of the molecule is CC/C(C#N)=C(/N)c1cc(F)c(F)c(F)c1. The van der Waals surface area contributed by atoms with Gasteiger partial charge in [0.1, 0.15) is 0 Å². The van der Waals surface area contributed by atoms with E-state index in [2.05, 4.69) is 0 Å². The Labute approximate surface area is 90.8 Å². The minimum atomic E-state index is -1.55. The summed E-state index contributed by atoms with van der Waals surface area (Å²) in [5, 5.41) is 8.70. The number of rotatable bonds is 2. The standard InChI is InChI=1S/C11H9F3N2/c1-2-6(5-15)11(16)7-3-8(12)10(14)9(13)4-7/h3-4H,2,16H2,1H3/b11-6-. The Hall–Kier alpha value is -1.96. The number of benzene rings is 1. The van der Waals surface area contributed by atoms with Crippen LogP contribution in [0.1, 0.15) is 18.9 Å². The van der Waals surface area contributed by atoms with Crippen LogP contribution in [-0.2, 0) is 0 Å². The van der Waals surface area contributed by atoms with Crippen LogP contribution in [0.2, 0.25) is 0 Å². The fraction of sp³-hybridized carbons (Fsp3) is 0.182. The number of nitrogens with zero attached hydrogens (tertiary/aromatic N) is 1. The summed E-state index contributed by atoms with van der Waals surface area (Å²) in [5.74, 6) is -4.20. The smallest absolute Gasteiger partial charge is 0.194 e. The van der Waals surface area contributed by atoms with Gasteiger partial charge in [-0.25, -0.2) is 13.2 Å². The third kappa shape index (κ3) is 2.16. The van der Waals surface area contributed by atoms with E-state index < -0.39 is 17.5 Å². The lowest BCUT2D eigenvalue weighted by Crippen LogP contribution is -2.03. The maximum Gasteiger partial charge on any atom is 0.194 e. The molecule has 0 bridgehead atoms. The summed E-state index contributed by atoms with van der Waals surface area (Å²) in [6, 6.07) is 3.35. The fourth-order valence-electron chi connectivity index (χ4n) is 1.21. The summed E-state index contributed by atoms with van der Waals surface area (Å²) >= 11 is 0. The monoisotopic (exact) mass is 226 g/mol. The second kappa shape index (κ2) is 4.71. The molecule has 0 unspecified atom stereocenters. The van der Waals surface area contributed by atoms with E-state index in [9.17, 15) is 13.2 Å². The summed E-state index contributed by atoms with van der Waals surface area (Å²) in [6.07, 6.45) is 0.336. The van der Waals surface area contributed by atoms with Crippen LogP contribution in [0.15, 0.2) is 17.7 Å². The second-order valence-electron chi connectivity index (χ2n) is 3.11. The summed E-state index contributed by atoms with van der Waals surface area (Å²) < 4.78 is 38.5. The highest BCUT2D eigenvalue weighted by molar-refractivity contribution is 5.69. The zero-order valence-electron chi connectivity index (χ0n) is 8.52. The molecule has 0 aliphatic heterocycles. The van der Waals surface area contributed by atoms with Crippen LogP contribution in [0.4, 0.5) is 13.2 Å². The highest BCUT2D eigenvalue weighted by atomic mass is 19.2. The van der Waals surface area contributed by atoms with Crippen LogP contribution in [0.25, 0.3) is 5.70 Å². The van der Waals surface area contributed by atoms with Gasteiger partial charge in [-0.3, -0.25) is 0 Å². The molecule has 0 fully saturated rings. The van der Waals surface area contributed by atoms with Crippen molar-refractivity contribution in [2.24, 2.45) is 5.73 Å². The molecular formula is C11H9F3N2. The van der Waals surface area contributed by atoms with E-state index in [-0.39, 0.29) is 16.8 Å². The van der Waals surface area contributed by atoms with Gasteiger partial charge >= 0.3 is 0 Å². The lowest BCUT2D eigenvalue weighted by atomic mass is 10.1. The van der Waals surface area contributed by atoms with E-state index in [4.69, 9.17) is 11.0 Å². The first kappa shape index (κ1) is 12.1. The quantitative estimate of drug-likeness (QED) is 0.622. The molecule has 0 aliphatic rings. The highest BCUT2D eigenvalue weighted by Crippen LogP contribution is 2.20. The number of halogens is 3. The molecule has 0 radical (unpaired) electrons. The maximum absolute atomic E-state index is 12.9. The van der Waals surface area contributed by atoms with Gasteiger partial charge in [-0.1, -0.05) is 6.92 Å². The molecule has 0 heterocycles. The zero-order chi connectivity index (χ0) is 12.3. The summed E-state index contributed by atoms with van der Waals surface area (Å²) in [4.78, 5) is 0. The molecule has 1 aromatic carbocycles. The number of hydrogen-bond acceptors (Lipinski definition) is 2. The molecule has 84 valence electrons. The first-order valence-corrected chi connectivity index (χ1v) is 4.54. The van der Waals surface area contributed by atoms with E-state index in [1.54, 1.807) is 6.92 Å². The molecule has 1 aromatic rings. The van der Waals surface area contributed by atoms with Gasteiger partial charge in [-0.05, 0) is 18.6 Å². The van der Waals surface area contributed by atoms with Crippen LogP contribution in [-0.4, -0.2) is 0 Å². The molecular weight excluding hydrogens is 217 g/mol. The van der Waals surface area contributed by atoms with Crippen molar-refractivity contribution in [1.82, 2.24) is 0 Å². The van der Waals surface area contributed by atoms with Gasteiger partial charge in [0.2, 0.25) is 0 Å². The third-order valence-electron chi connectivity index (χ3n) is 2.11. The van der Waals surface area contributed by atoms with Gasteiger partial charge < -0.3 is 5.73 Å². The molecule has 0 amide bonds. The third-order valence-corrected chi connectivity index (χ3v) is 2.11. The minimum absolute atomic E-state index is 0.0326. The molecule has 0 spiro atoms. The van der Waals surface area contributed by atoms with Crippen molar-refractivity contribution in [1.29, 1.82) is 5.26 Å². The lowest BCUT2D eigenvalue weighted by Gasteiger charge is -2.05. The van der Waals surface area contributed by atoms with Gasteiger partial charge in [-0.15, -0.1) is 0 Å². The van der Waals surface area contributed by atoms with Gasteiger partial charge in [-0.2, -0.15) is 5.26 Å². The Morgan fingerprint density at radius 1 is 1.31 bits per heavy atom. The zero-order valence-corrected chi connectivity index (χ0v) is 8.52. The van der Waals surface area contributed by atoms with Gasteiger partial charge in [0, 0.05) is 5.56 Å². The summed E-state index contributed by atoms with van der Waals surface area (Å²) in [5.41, 5.74) is 5.68. The molecule has 0 aliphatic carbocycles. The molecule has 0 saturated carbocycles. The van der Waals surface area contributed by atoms with Crippen LogP contribution in [0, 0.1) is 28.8 Å². The van der Waals surface area contributed by atoms with Crippen molar-refractivity contribution >= 4 is 5.70 Å². The van der Waals surface area contributed by atoms with Crippen LogP contribution < -0.4 is 5.73 Å². The predicted octanol–water partition coefficient (Wildman–Crippen LogP) is 2.71. The van der Waals surface area contributed by atoms with Crippen LogP contribution in [0.3, 0.4) is 0 Å². The second-order valence-corrected chi connectivity index (χ2v) is 3.11. The average molecular weight is 226 g/mol. The number of allylic oxidation sites excluding steroid dienone is 1. The Morgan fingerprint density at radius 2 is 1.81 bits per heavy atom. The average Bonchev–Trinajstić information content (AvgIpc) is 2.26. The molecule has 2 nitrogen and oxygen atoms in total. The first-order valence-electron chi connectivity index (χ1n) is 4.54. The van der Waals surface area contributed by atoms with Crippen molar-refractivity contribution in [3.05, 3.63) is 40.7 Å². The van der Waals surface area contributed by atoms with Crippen molar-refractivity contribution in [3.8, 4) is 6.07 Å². The molecule has 16 heavy (non-hydrogen) atoms. The summed E-state index contributed by atoms with van der Waals surface area (Å²) in [6.45, 7) is 1.68. The summed E-state index contributed by atoms with van der Waals surface area (Å²) in [7, 11) is 0. The van der Waals surface area contributed by atoms with Crippen molar-refractivity contribution in [2.75, 3.05) is 0 Å². The topological polar surface area (TPSA) is 49.8 Å². The highest BCUT2D eigenvalue weighted by Gasteiger charge is 2.13. The van der Waals surface area contributed by atoms with E-state index in [0.29, 0.717) is 6.42 Å². The Morgan fingerprint density at radius 3 is 2.19 bits per heavy atom. The van der Waals surface area contributed by atoms with Gasteiger partial charge in [0.25, 0.3) is 0 Å². The number of nitrogens with two attached hydrogens (primary N) is 1. The van der Waals surface area contributed by atoms with Crippen LogP contribution >= 0.6 is 0 Å². The van der Waals surface area contributed by atoms with Gasteiger partial charge in [0.15, 0.2) is 17.5 Å². The van der Waals surface area contributed by atoms with Crippen molar-refractivity contribution in [2.45, 2.75) is 13.3 Å². The van der Waals surface area contributed by atoms with E-state index in [1.807, 2.05) is 6.07 Å². The van der Waals surface area contributed by atoms with E-state index >= 15 is 0 Å². The molecule has 0 atom stereocenters. The minimum Gasteiger partial charge on any atom is -0.397 e. The van der Waals surface area contributed by atoms with Crippen molar-refractivity contribution < 1.29 is 13.2 Å². The number of nitriles is 1. The number of hydrogen-bond donors (Lipinski definition) is 1. The Kier molecular flexibility index (Phi) is 3.56. The van der Waals surface area contributed by atoms with Crippen LogP contribution in [0.5, 0.6) is 0 Å². The van der Waals surface area contributed by atoms with E-state index in [0.717, 1.165) is 12.1 Å².